The van der Waals surface area contributed by atoms with Gasteiger partial charge >= 0.3 is 0 Å². The third-order valence-corrected chi connectivity index (χ3v) is 6.01. The first-order valence-corrected chi connectivity index (χ1v) is 8.57. The molecule has 5 heteroatoms. The van der Waals surface area contributed by atoms with Crippen molar-refractivity contribution in [1.29, 1.82) is 0 Å². The molecule has 1 aromatic carbocycles. The van der Waals surface area contributed by atoms with Gasteiger partial charge in [0.15, 0.2) is 0 Å². The maximum absolute atomic E-state index is 12.5. The van der Waals surface area contributed by atoms with Gasteiger partial charge in [0.2, 0.25) is 10.0 Å². The minimum absolute atomic E-state index is 0.0764. The van der Waals surface area contributed by atoms with Gasteiger partial charge in [-0.25, -0.2) is 8.42 Å². The Kier molecular flexibility index (Phi) is 4.54. The molecule has 0 radical (unpaired) electrons. The quantitative estimate of drug-likeness (QED) is 0.758. The topological polar surface area (TPSA) is 37.4 Å². The third kappa shape index (κ3) is 3.30. The summed E-state index contributed by atoms with van der Waals surface area (Å²) in [6.45, 7) is 1.98. The fourth-order valence-corrected chi connectivity index (χ4v) is 3.84. The Morgan fingerprint density at radius 2 is 1.89 bits per heavy atom. The highest BCUT2D eigenvalue weighted by Gasteiger charge is 2.35. The lowest BCUT2D eigenvalue weighted by atomic mass is 10.2. The van der Waals surface area contributed by atoms with Gasteiger partial charge in [0, 0.05) is 19.0 Å². The number of alkyl halides is 1. The van der Waals surface area contributed by atoms with Crippen LogP contribution in [0.4, 0.5) is 0 Å². The lowest BCUT2D eigenvalue weighted by Crippen LogP contribution is -2.36. The van der Waals surface area contributed by atoms with Crippen molar-refractivity contribution < 1.29 is 8.42 Å². The third-order valence-electron chi connectivity index (χ3n) is 3.86. The molecule has 1 aliphatic rings. The van der Waals surface area contributed by atoms with Crippen molar-refractivity contribution in [3.8, 4) is 0 Å². The fraction of sp³-hybridized carbons (Fsp3) is 0.571. The minimum atomic E-state index is -3.37. The summed E-state index contributed by atoms with van der Waals surface area (Å²) in [6, 6.07) is 7.10. The Hall–Kier alpha value is -0.580. The number of sulfonamides is 1. The molecule has 1 atom stereocenters. The summed E-state index contributed by atoms with van der Waals surface area (Å²) in [5, 5.41) is 0. The van der Waals surface area contributed by atoms with Gasteiger partial charge in [0.1, 0.15) is 0 Å². The number of halogens is 1. The van der Waals surface area contributed by atoms with Gasteiger partial charge in [-0.05, 0) is 49.8 Å². The van der Waals surface area contributed by atoms with Gasteiger partial charge in [-0.2, -0.15) is 4.31 Å². The second-order valence-corrected chi connectivity index (χ2v) is 7.56. The highest BCUT2D eigenvalue weighted by Crippen LogP contribution is 2.36. The standard InChI is InChI=1S/C14H20ClNO2S/c1-11(13-5-6-13)16(2)19(17,18)14-7-3-12(4-8-14)9-10-15/h3-4,7-8,11,13H,5-6,9-10H2,1-2H3. The molecule has 19 heavy (non-hydrogen) atoms. The Balaban J connectivity index is 2.18. The van der Waals surface area contributed by atoms with Crippen molar-refractivity contribution in [2.75, 3.05) is 12.9 Å². The highest BCUT2D eigenvalue weighted by molar-refractivity contribution is 7.89. The van der Waals surface area contributed by atoms with E-state index in [1.165, 1.54) is 4.31 Å². The van der Waals surface area contributed by atoms with Crippen LogP contribution in [0.3, 0.4) is 0 Å². The molecule has 1 aromatic rings. The smallest absolute Gasteiger partial charge is 0.207 e. The number of hydrogen-bond donors (Lipinski definition) is 0. The molecule has 1 aliphatic carbocycles. The number of benzene rings is 1. The largest absolute Gasteiger partial charge is 0.243 e. The molecule has 0 N–H and O–H groups in total. The normalized spacial score (nSPS) is 17.7. The second-order valence-electron chi connectivity index (χ2n) is 5.18. The summed E-state index contributed by atoms with van der Waals surface area (Å²) in [5.74, 6) is 1.07. The van der Waals surface area contributed by atoms with Crippen LogP contribution in [0.25, 0.3) is 0 Å². The fourth-order valence-electron chi connectivity index (χ4n) is 2.20. The molecule has 1 saturated carbocycles. The lowest BCUT2D eigenvalue weighted by Gasteiger charge is -2.24. The van der Waals surface area contributed by atoms with E-state index in [9.17, 15) is 8.42 Å². The summed E-state index contributed by atoms with van der Waals surface area (Å²) >= 11 is 5.67. The van der Waals surface area contributed by atoms with Gasteiger partial charge in [-0.15, -0.1) is 11.6 Å². The summed E-state index contributed by atoms with van der Waals surface area (Å²) < 4.78 is 26.5. The molecule has 0 saturated heterocycles. The van der Waals surface area contributed by atoms with Crippen LogP contribution in [0.1, 0.15) is 25.3 Å². The van der Waals surface area contributed by atoms with Crippen molar-refractivity contribution in [3.63, 3.8) is 0 Å². The van der Waals surface area contributed by atoms with E-state index in [4.69, 9.17) is 11.6 Å². The van der Waals surface area contributed by atoms with Crippen molar-refractivity contribution >= 4 is 21.6 Å². The van der Waals surface area contributed by atoms with E-state index in [0.717, 1.165) is 24.8 Å². The zero-order chi connectivity index (χ0) is 14.0. The van der Waals surface area contributed by atoms with Crippen molar-refractivity contribution in [2.24, 2.45) is 5.92 Å². The number of hydrogen-bond acceptors (Lipinski definition) is 2. The van der Waals surface area contributed by atoms with E-state index in [-0.39, 0.29) is 6.04 Å². The molecule has 0 bridgehead atoms. The number of nitrogens with zero attached hydrogens (tertiary/aromatic N) is 1. The molecule has 1 unspecified atom stereocenters. The number of aryl methyl sites for hydroxylation is 1. The van der Waals surface area contributed by atoms with E-state index >= 15 is 0 Å². The van der Waals surface area contributed by atoms with E-state index in [0.29, 0.717) is 16.7 Å². The molecule has 0 heterocycles. The van der Waals surface area contributed by atoms with Crippen LogP contribution in [0.2, 0.25) is 0 Å². The summed E-state index contributed by atoms with van der Waals surface area (Å²) in [4.78, 5) is 0.362. The summed E-state index contributed by atoms with van der Waals surface area (Å²) in [7, 11) is -1.70. The maximum atomic E-state index is 12.5. The second kappa shape index (κ2) is 5.81. The summed E-state index contributed by atoms with van der Waals surface area (Å²) in [5.41, 5.74) is 1.06. The zero-order valence-corrected chi connectivity index (χ0v) is 12.9. The van der Waals surface area contributed by atoms with Crippen molar-refractivity contribution in [2.45, 2.75) is 37.1 Å². The Morgan fingerprint density at radius 3 is 2.37 bits per heavy atom. The van der Waals surface area contributed by atoms with Crippen LogP contribution in [0.5, 0.6) is 0 Å². The molecule has 2 rings (SSSR count). The predicted molar refractivity (Wildman–Crippen MR) is 78.0 cm³/mol. The molecule has 0 amide bonds. The monoisotopic (exact) mass is 301 g/mol. The van der Waals surface area contributed by atoms with Gasteiger partial charge in [-0.1, -0.05) is 12.1 Å². The van der Waals surface area contributed by atoms with Gasteiger partial charge < -0.3 is 0 Å². The highest BCUT2D eigenvalue weighted by atomic mass is 35.5. The SMILES string of the molecule is CC(C1CC1)N(C)S(=O)(=O)c1ccc(CCCl)cc1. The molecular weight excluding hydrogens is 282 g/mol. The van der Waals surface area contributed by atoms with Crippen LogP contribution in [-0.2, 0) is 16.4 Å². The van der Waals surface area contributed by atoms with Crippen LogP contribution in [0, 0.1) is 5.92 Å². The van der Waals surface area contributed by atoms with Crippen LogP contribution in [-0.4, -0.2) is 31.7 Å². The number of rotatable bonds is 6. The first-order chi connectivity index (χ1) is 8.96. The van der Waals surface area contributed by atoms with Crippen LogP contribution in [0.15, 0.2) is 29.2 Å². The van der Waals surface area contributed by atoms with Crippen molar-refractivity contribution in [1.82, 2.24) is 4.31 Å². The summed E-state index contributed by atoms with van der Waals surface area (Å²) in [6.07, 6.45) is 3.03. The first-order valence-electron chi connectivity index (χ1n) is 6.59. The van der Waals surface area contributed by atoms with Crippen LogP contribution < -0.4 is 0 Å². The minimum Gasteiger partial charge on any atom is -0.207 e. The van der Waals surface area contributed by atoms with Crippen LogP contribution >= 0.6 is 11.6 Å². The molecule has 1 fully saturated rings. The first kappa shape index (κ1) is 14.8. The molecule has 0 aromatic heterocycles. The molecular formula is C14H20ClNO2S. The predicted octanol–water partition coefficient (Wildman–Crippen LogP) is 2.89. The molecule has 3 nitrogen and oxygen atoms in total. The van der Waals surface area contributed by atoms with Gasteiger partial charge in [0.25, 0.3) is 0 Å². The average molecular weight is 302 g/mol. The molecule has 0 aliphatic heterocycles. The van der Waals surface area contributed by atoms with Crippen molar-refractivity contribution in [3.05, 3.63) is 29.8 Å². The Bertz CT molecular complexity index is 523. The van der Waals surface area contributed by atoms with Gasteiger partial charge in [-0.3, -0.25) is 0 Å². The van der Waals surface area contributed by atoms with E-state index in [1.54, 1.807) is 19.2 Å². The van der Waals surface area contributed by atoms with E-state index in [2.05, 4.69) is 0 Å². The lowest BCUT2D eigenvalue weighted by molar-refractivity contribution is 0.357. The Morgan fingerprint density at radius 1 is 1.32 bits per heavy atom. The average Bonchev–Trinajstić information content (AvgIpc) is 3.22. The molecule has 0 spiro atoms. The Labute approximate surface area is 120 Å². The van der Waals surface area contributed by atoms with E-state index < -0.39 is 10.0 Å². The van der Waals surface area contributed by atoms with E-state index in [1.807, 2.05) is 19.1 Å². The maximum Gasteiger partial charge on any atom is 0.243 e. The van der Waals surface area contributed by atoms with Gasteiger partial charge in [0.05, 0.1) is 4.90 Å². The molecule has 106 valence electrons. The zero-order valence-electron chi connectivity index (χ0n) is 11.3.